The van der Waals surface area contributed by atoms with Crippen LogP contribution in [0.15, 0.2) is 30.3 Å². The van der Waals surface area contributed by atoms with Crippen LogP contribution in [0.2, 0.25) is 0 Å². The number of carbonyl (C=O) groups excluding carboxylic acids is 1. The summed E-state index contributed by atoms with van der Waals surface area (Å²) in [7, 11) is 0. The SMILES string of the molecule is CCNC(=O)CN(Cc1ccccc1)CC(C)(C)O. The standard InChI is InChI=1S/C15H24N2O2/c1-4-16-14(18)11-17(12-15(2,3)19)10-13-8-6-5-7-9-13/h5-9,19H,4,10-12H2,1-3H3,(H,16,18). The molecular formula is C15H24N2O2. The molecule has 0 spiro atoms. The average Bonchev–Trinajstić information content (AvgIpc) is 2.28. The van der Waals surface area contributed by atoms with Crippen LogP contribution in [0.3, 0.4) is 0 Å². The topological polar surface area (TPSA) is 52.6 Å². The van der Waals surface area contributed by atoms with Crippen LogP contribution in [0.4, 0.5) is 0 Å². The van der Waals surface area contributed by atoms with Gasteiger partial charge in [-0.25, -0.2) is 0 Å². The van der Waals surface area contributed by atoms with Crippen molar-refractivity contribution in [2.75, 3.05) is 19.6 Å². The van der Waals surface area contributed by atoms with E-state index in [1.807, 2.05) is 42.2 Å². The third-order valence-electron chi connectivity index (χ3n) is 2.60. The van der Waals surface area contributed by atoms with Gasteiger partial charge in [0, 0.05) is 19.6 Å². The molecule has 1 aromatic rings. The molecule has 0 aliphatic carbocycles. The zero-order valence-electron chi connectivity index (χ0n) is 12.0. The maximum absolute atomic E-state index is 11.7. The molecule has 2 N–H and O–H groups in total. The van der Waals surface area contributed by atoms with Crippen LogP contribution < -0.4 is 5.32 Å². The third-order valence-corrected chi connectivity index (χ3v) is 2.60. The molecule has 1 amide bonds. The second kappa shape index (κ2) is 7.26. The lowest BCUT2D eigenvalue weighted by molar-refractivity contribution is -0.122. The van der Waals surface area contributed by atoms with E-state index in [0.29, 0.717) is 26.2 Å². The Morgan fingerprint density at radius 3 is 2.47 bits per heavy atom. The zero-order valence-corrected chi connectivity index (χ0v) is 12.0. The van der Waals surface area contributed by atoms with Crippen molar-refractivity contribution in [2.45, 2.75) is 32.9 Å². The van der Waals surface area contributed by atoms with Crippen molar-refractivity contribution in [3.8, 4) is 0 Å². The molecule has 0 atom stereocenters. The Morgan fingerprint density at radius 2 is 1.95 bits per heavy atom. The van der Waals surface area contributed by atoms with E-state index in [2.05, 4.69) is 5.32 Å². The lowest BCUT2D eigenvalue weighted by atomic mass is 10.1. The minimum atomic E-state index is -0.818. The van der Waals surface area contributed by atoms with Gasteiger partial charge in [0.15, 0.2) is 0 Å². The predicted octanol–water partition coefficient (Wildman–Crippen LogP) is 1.40. The van der Waals surface area contributed by atoms with Crippen LogP contribution in [0.5, 0.6) is 0 Å². The number of nitrogens with one attached hydrogen (secondary N) is 1. The number of amides is 1. The van der Waals surface area contributed by atoms with Gasteiger partial charge in [0.2, 0.25) is 5.91 Å². The number of rotatable bonds is 7. The quantitative estimate of drug-likeness (QED) is 0.782. The number of carbonyl (C=O) groups is 1. The van der Waals surface area contributed by atoms with E-state index in [-0.39, 0.29) is 5.91 Å². The lowest BCUT2D eigenvalue weighted by Gasteiger charge is -2.28. The van der Waals surface area contributed by atoms with E-state index >= 15 is 0 Å². The van der Waals surface area contributed by atoms with Gasteiger partial charge < -0.3 is 10.4 Å². The number of benzene rings is 1. The van der Waals surface area contributed by atoms with Gasteiger partial charge in [0.05, 0.1) is 12.1 Å². The highest BCUT2D eigenvalue weighted by atomic mass is 16.3. The molecule has 0 bridgehead atoms. The summed E-state index contributed by atoms with van der Waals surface area (Å²) in [5.41, 5.74) is 0.317. The summed E-state index contributed by atoms with van der Waals surface area (Å²) in [4.78, 5) is 13.7. The molecule has 0 aliphatic heterocycles. The lowest BCUT2D eigenvalue weighted by Crippen LogP contribution is -2.43. The number of hydrogen-bond acceptors (Lipinski definition) is 3. The maximum Gasteiger partial charge on any atom is 0.234 e. The first-order valence-electron chi connectivity index (χ1n) is 6.66. The van der Waals surface area contributed by atoms with E-state index < -0.39 is 5.60 Å². The van der Waals surface area contributed by atoms with Crippen molar-refractivity contribution in [3.05, 3.63) is 35.9 Å². The maximum atomic E-state index is 11.7. The van der Waals surface area contributed by atoms with Crippen LogP contribution >= 0.6 is 0 Å². The minimum absolute atomic E-state index is 0.0114. The fourth-order valence-corrected chi connectivity index (χ4v) is 2.01. The van der Waals surface area contributed by atoms with Crippen molar-refractivity contribution in [1.29, 1.82) is 0 Å². The number of aliphatic hydroxyl groups is 1. The van der Waals surface area contributed by atoms with Crippen LogP contribution in [-0.2, 0) is 11.3 Å². The van der Waals surface area contributed by atoms with E-state index in [1.165, 1.54) is 0 Å². The molecule has 0 unspecified atom stereocenters. The Kier molecular flexibility index (Phi) is 5.99. The molecule has 0 heterocycles. The first kappa shape index (κ1) is 15.7. The Bertz CT molecular complexity index is 385. The highest BCUT2D eigenvalue weighted by Gasteiger charge is 2.20. The fourth-order valence-electron chi connectivity index (χ4n) is 2.01. The zero-order chi connectivity index (χ0) is 14.3. The predicted molar refractivity (Wildman–Crippen MR) is 76.7 cm³/mol. The third kappa shape index (κ3) is 6.94. The first-order chi connectivity index (χ1) is 8.90. The smallest absolute Gasteiger partial charge is 0.234 e. The van der Waals surface area contributed by atoms with Crippen LogP contribution in [0.1, 0.15) is 26.3 Å². The van der Waals surface area contributed by atoms with Gasteiger partial charge >= 0.3 is 0 Å². The number of nitrogens with zero attached hydrogens (tertiary/aromatic N) is 1. The normalized spacial score (nSPS) is 11.6. The Labute approximate surface area is 115 Å². The molecule has 0 saturated carbocycles. The van der Waals surface area contributed by atoms with Crippen molar-refractivity contribution in [1.82, 2.24) is 10.2 Å². The van der Waals surface area contributed by atoms with E-state index in [9.17, 15) is 9.90 Å². The summed E-state index contributed by atoms with van der Waals surface area (Å²) in [6.07, 6.45) is 0. The van der Waals surface area contributed by atoms with E-state index in [0.717, 1.165) is 5.56 Å². The summed E-state index contributed by atoms with van der Waals surface area (Å²) in [5, 5.41) is 12.7. The molecule has 0 saturated heterocycles. The van der Waals surface area contributed by atoms with Crippen molar-refractivity contribution in [2.24, 2.45) is 0 Å². The molecule has 4 nitrogen and oxygen atoms in total. The molecule has 106 valence electrons. The van der Waals surface area contributed by atoms with Crippen LogP contribution in [-0.4, -0.2) is 41.1 Å². The van der Waals surface area contributed by atoms with Gasteiger partial charge in [-0.05, 0) is 26.3 Å². The van der Waals surface area contributed by atoms with Crippen LogP contribution in [0, 0.1) is 0 Å². The highest BCUT2D eigenvalue weighted by molar-refractivity contribution is 5.77. The molecule has 0 aromatic heterocycles. The van der Waals surface area contributed by atoms with Gasteiger partial charge in [-0.2, -0.15) is 0 Å². The Balaban J connectivity index is 2.66. The van der Waals surface area contributed by atoms with Gasteiger partial charge in [0.25, 0.3) is 0 Å². The van der Waals surface area contributed by atoms with E-state index in [4.69, 9.17) is 0 Å². The summed E-state index contributed by atoms with van der Waals surface area (Å²) in [6.45, 7) is 7.44. The van der Waals surface area contributed by atoms with Crippen molar-refractivity contribution in [3.63, 3.8) is 0 Å². The van der Waals surface area contributed by atoms with Crippen molar-refractivity contribution < 1.29 is 9.90 Å². The molecule has 4 heteroatoms. The number of likely N-dealkylation sites (N-methyl/N-ethyl adjacent to an activating group) is 1. The molecule has 0 fully saturated rings. The molecule has 0 aliphatic rings. The molecule has 0 radical (unpaired) electrons. The van der Waals surface area contributed by atoms with Gasteiger partial charge in [0.1, 0.15) is 0 Å². The fraction of sp³-hybridized carbons (Fsp3) is 0.533. The molecule has 1 aromatic carbocycles. The number of hydrogen-bond donors (Lipinski definition) is 2. The second-order valence-electron chi connectivity index (χ2n) is 5.40. The second-order valence-corrected chi connectivity index (χ2v) is 5.40. The summed E-state index contributed by atoms with van der Waals surface area (Å²) < 4.78 is 0. The monoisotopic (exact) mass is 264 g/mol. The van der Waals surface area contributed by atoms with E-state index in [1.54, 1.807) is 13.8 Å². The largest absolute Gasteiger partial charge is 0.389 e. The molecule has 1 rings (SSSR count). The summed E-state index contributed by atoms with van der Waals surface area (Å²) >= 11 is 0. The summed E-state index contributed by atoms with van der Waals surface area (Å²) in [6, 6.07) is 9.96. The molecule has 19 heavy (non-hydrogen) atoms. The minimum Gasteiger partial charge on any atom is -0.389 e. The van der Waals surface area contributed by atoms with Gasteiger partial charge in [-0.1, -0.05) is 30.3 Å². The summed E-state index contributed by atoms with van der Waals surface area (Å²) in [5.74, 6) is -0.0114. The Hall–Kier alpha value is -1.39. The first-order valence-corrected chi connectivity index (χ1v) is 6.66. The van der Waals surface area contributed by atoms with Crippen LogP contribution in [0.25, 0.3) is 0 Å². The molecular weight excluding hydrogens is 240 g/mol. The van der Waals surface area contributed by atoms with Crippen molar-refractivity contribution >= 4 is 5.91 Å². The highest BCUT2D eigenvalue weighted by Crippen LogP contribution is 2.09. The van der Waals surface area contributed by atoms with Gasteiger partial charge in [-0.3, -0.25) is 9.69 Å². The average molecular weight is 264 g/mol. The Morgan fingerprint density at radius 1 is 1.32 bits per heavy atom. The van der Waals surface area contributed by atoms with Gasteiger partial charge in [-0.15, -0.1) is 0 Å².